The molecular formula is C15H20N2. The standard InChI is InChI=1S/C15H20N2/c1-2-4-12(5-3-1)11-17-14-6-7-15-13(10-14)8-9-16-15/h6-10,12,16-17H,1-5,11H2. The quantitative estimate of drug-likeness (QED) is 0.811. The van der Waals surface area contributed by atoms with E-state index in [0.29, 0.717) is 0 Å². The van der Waals surface area contributed by atoms with Crippen molar-refractivity contribution in [2.24, 2.45) is 5.92 Å². The van der Waals surface area contributed by atoms with Gasteiger partial charge in [-0.15, -0.1) is 0 Å². The lowest BCUT2D eigenvalue weighted by molar-refractivity contribution is 0.373. The van der Waals surface area contributed by atoms with Gasteiger partial charge in [0.1, 0.15) is 0 Å². The van der Waals surface area contributed by atoms with Gasteiger partial charge in [-0.25, -0.2) is 0 Å². The van der Waals surface area contributed by atoms with Crippen molar-refractivity contribution in [1.82, 2.24) is 4.98 Å². The highest BCUT2D eigenvalue weighted by atomic mass is 14.9. The molecule has 1 aliphatic carbocycles. The largest absolute Gasteiger partial charge is 0.385 e. The summed E-state index contributed by atoms with van der Waals surface area (Å²) in [5.74, 6) is 0.880. The van der Waals surface area contributed by atoms with Gasteiger partial charge in [-0.1, -0.05) is 19.3 Å². The first-order valence-corrected chi connectivity index (χ1v) is 6.73. The Bertz CT molecular complexity index is 480. The van der Waals surface area contributed by atoms with Crippen LogP contribution in [0.4, 0.5) is 5.69 Å². The molecule has 0 saturated heterocycles. The van der Waals surface area contributed by atoms with Gasteiger partial charge < -0.3 is 10.3 Å². The SMILES string of the molecule is c1cc2cc(NCC3CCCCC3)ccc2[nH]1. The third kappa shape index (κ3) is 2.46. The molecule has 2 N–H and O–H groups in total. The number of benzene rings is 1. The molecule has 1 heterocycles. The summed E-state index contributed by atoms with van der Waals surface area (Å²) in [6.07, 6.45) is 9.08. The minimum Gasteiger partial charge on any atom is -0.385 e. The molecule has 0 atom stereocenters. The number of H-pyrrole nitrogens is 1. The fourth-order valence-electron chi connectivity index (χ4n) is 2.82. The molecule has 0 radical (unpaired) electrons. The summed E-state index contributed by atoms with van der Waals surface area (Å²) in [6.45, 7) is 1.13. The predicted octanol–water partition coefficient (Wildman–Crippen LogP) is 4.16. The number of aromatic amines is 1. The molecule has 0 unspecified atom stereocenters. The van der Waals surface area contributed by atoms with Crippen LogP contribution in [0.2, 0.25) is 0 Å². The molecule has 1 aromatic carbocycles. The number of hydrogen-bond donors (Lipinski definition) is 2. The summed E-state index contributed by atoms with van der Waals surface area (Å²) in [4.78, 5) is 3.22. The summed E-state index contributed by atoms with van der Waals surface area (Å²) in [5, 5.41) is 4.87. The zero-order chi connectivity index (χ0) is 11.5. The van der Waals surface area contributed by atoms with Crippen molar-refractivity contribution in [1.29, 1.82) is 0 Å². The van der Waals surface area contributed by atoms with Crippen molar-refractivity contribution in [2.75, 3.05) is 11.9 Å². The molecule has 1 fully saturated rings. The maximum absolute atomic E-state index is 3.58. The summed E-state index contributed by atoms with van der Waals surface area (Å²) >= 11 is 0. The number of hydrogen-bond acceptors (Lipinski definition) is 1. The Kier molecular flexibility index (Phi) is 3.04. The van der Waals surface area contributed by atoms with Gasteiger partial charge in [0, 0.05) is 29.3 Å². The number of rotatable bonds is 3. The Morgan fingerprint density at radius 2 is 2.00 bits per heavy atom. The second-order valence-corrected chi connectivity index (χ2v) is 5.16. The zero-order valence-corrected chi connectivity index (χ0v) is 10.2. The van der Waals surface area contributed by atoms with Crippen LogP contribution in [0.15, 0.2) is 30.5 Å². The van der Waals surface area contributed by atoms with E-state index in [1.165, 1.54) is 48.7 Å². The minimum atomic E-state index is 0.880. The van der Waals surface area contributed by atoms with E-state index in [-0.39, 0.29) is 0 Å². The molecule has 2 aromatic rings. The van der Waals surface area contributed by atoms with Crippen molar-refractivity contribution in [3.05, 3.63) is 30.5 Å². The summed E-state index contributed by atoms with van der Waals surface area (Å²) in [7, 11) is 0. The second kappa shape index (κ2) is 4.82. The summed E-state index contributed by atoms with van der Waals surface area (Å²) in [6, 6.07) is 8.68. The van der Waals surface area contributed by atoms with E-state index in [4.69, 9.17) is 0 Å². The van der Waals surface area contributed by atoms with E-state index in [0.717, 1.165) is 12.5 Å². The highest BCUT2D eigenvalue weighted by Crippen LogP contribution is 2.24. The Hall–Kier alpha value is -1.44. The van der Waals surface area contributed by atoms with E-state index in [2.05, 4.69) is 34.6 Å². The fraction of sp³-hybridized carbons (Fsp3) is 0.467. The van der Waals surface area contributed by atoms with Gasteiger partial charge in [0.2, 0.25) is 0 Å². The van der Waals surface area contributed by atoms with E-state index in [9.17, 15) is 0 Å². The topological polar surface area (TPSA) is 27.8 Å². The maximum Gasteiger partial charge on any atom is 0.0455 e. The van der Waals surface area contributed by atoms with Crippen LogP contribution in [0.3, 0.4) is 0 Å². The van der Waals surface area contributed by atoms with E-state index < -0.39 is 0 Å². The Labute approximate surface area is 102 Å². The van der Waals surface area contributed by atoms with Crippen LogP contribution >= 0.6 is 0 Å². The normalized spacial score (nSPS) is 17.4. The average Bonchev–Trinajstić information content (AvgIpc) is 2.85. The lowest BCUT2D eigenvalue weighted by atomic mass is 9.89. The van der Waals surface area contributed by atoms with Crippen LogP contribution < -0.4 is 5.32 Å². The molecule has 0 spiro atoms. The highest BCUT2D eigenvalue weighted by molar-refractivity contribution is 5.82. The molecule has 90 valence electrons. The van der Waals surface area contributed by atoms with Gasteiger partial charge in [0.15, 0.2) is 0 Å². The molecule has 1 aliphatic rings. The lowest BCUT2D eigenvalue weighted by Gasteiger charge is -2.22. The minimum absolute atomic E-state index is 0.880. The monoisotopic (exact) mass is 228 g/mol. The third-order valence-electron chi connectivity index (χ3n) is 3.87. The van der Waals surface area contributed by atoms with Crippen LogP contribution in [0.25, 0.3) is 10.9 Å². The average molecular weight is 228 g/mol. The van der Waals surface area contributed by atoms with Crippen molar-refractivity contribution in [3.63, 3.8) is 0 Å². The highest BCUT2D eigenvalue weighted by Gasteiger charge is 2.12. The van der Waals surface area contributed by atoms with Gasteiger partial charge in [-0.05, 0) is 43.0 Å². The number of nitrogens with one attached hydrogen (secondary N) is 2. The Morgan fingerprint density at radius 1 is 1.12 bits per heavy atom. The van der Waals surface area contributed by atoms with Gasteiger partial charge in [-0.2, -0.15) is 0 Å². The van der Waals surface area contributed by atoms with E-state index in [1.807, 2.05) is 6.20 Å². The van der Waals surface area contributed by atoms with Gasteiger partial charge in [-0.3, -0.25) is 0 Å². The molecule has 3 rings (SSSR count). The first-order valence-electron chi connectivity index (χ1n) is 6.73. The maximum atomic E-state index is 3.58. The molecule has 0 bridgehead atoms. The molecule has 0 aliphatic heterocycles. The first-order chi connectivity index (χ1) is 8.42. The fourth-order valence-corrected chi connectivity index (χ4v) is 2.82. The van der Waals surface area contributed by atoms with Crippen molar-refractivity contribution >= 4 is 16.6 Å². The van der Waals surface area contributed by atoms with Crippen molar-refractivity contribution in [2.45, 2.75) is 32.1 Å². The van der Waals surface area contributed by atoms with Gasteiger partial charge >= 0.3 is 0 Å². The molecule has 17 heavy (non-hydrogen) atoms. The third-order valence-corrected chi connectivity index (χ3v) is 3.87. The van der Waals surface area contributed by atoms with Crippen molar-refractivity contribution in [3.8, 4) is 0 Å². The second-order valence-electron chi connectivity index (χ2n) is 5.16. The van der Waals surface area contributed by atoms with Crippen LogP contribution in [0.1, 0.15) is 32.1 Å². The Balaban J connectivity index is 1.63. The molecule has 1 aromatic heterocycles. The van der Waals surface area contributed by atoms with Crippen LogP contribution in [-0.2, 0) is 0 Å². The van der Waals surface area contributed by atoms with Crippen molar-refractivity contribution < 1.29 is 0 Å². The molecule has 2 nitrogen and oxygen atoms in total. The summed E-state index contributed by atoms with van der Waals surface area (Å²) in [5.41, 5.74) is 2.47. The lowest BCUT2D eigenvalue weighted by Crippen LogP contribution is -2.16. The van der Waals surface area contributed by atoms with Crippen LogP contribution in [0, 0.1) is 5.92 Å². The van der Waals surface area contributed by atoms with Gasteiger partial charge in [0.05, 0.1) is 0 Å². The Morgan fingerprint density at radius 3 is 2.88 bits per heavy atom. The number of aromatic nitrogens is 1. The first kappa shape index (κ1) is 10.7. The number of anilines is 1. The molecule has 1 saturated carbocycles. The summed E-state index contributed by atoms with van der Waals surface area (Å²) < 4.78 is 0. The van der Waals surface area contributed by atoms with E-state index >= 15 is 0 Å². The smallest absolute Gasteiger partial charge is 0.0455 e. The number of fused-ring (bicyclic) bond motifs is 1. The van der Waals surface area contributed by atoms with Crippen LogP contribution in [0.5, 0.6) is 0 Å². The van der Waals surface area contributed by atoms with E-state index in [1.54, 1.807) is 0 Å². The predicted molar refractivity (Wildman–Crippen MR) is 73.4 cm³/mol. The molecule has 0 amide bonds. The van der Waals surface area contributed by atoms with Crippen LogP contribution in [-0.4, -0.2) is 11.5 Å². The van der Waals surface area contributed by atoms with Gasteiger partial charge in [0.25, 0.3) is 0 Å². The zero-order valence-electron chi connectivity index (χ0n) is 10.2. The molecule has 2 heteroatoms. The molecular weight excluding hydrogens is 208 g/mol.